The number of anilines is 2. The van der Waals surface area contributed by atoms with Gasteiger partial charge in [-0.15, -0.1) is 11.3 Å². The Hall–Kier alpha value is -3.74. The Morgan fingerprint density at radius 3 is 2.39 bits per heavy atom. The van der Waals surface area contributed by atoms with E-state index in [1.807, 2.05) is 59.5 Å². The van der Waals surface area contributed by atoms with Crippen LogP contribution in [0, 0.1) is 0 Å². The fraction of sp³-hybridized carbons (Fsp3) is 0.200. The van der Waals surface area contributed by atoms with Crippen LogP contribution in [-0.4, -0.2) is 37.4 Å². The molecule has 0 aliphatic carbocycles. The molecule has 2 heterocycles. The third kappa shape index (κ3) is 4.83. The minimum Gasteiger partial charge on any atom is -0.322 e. The van der Waals surface area contributed by atoms with E-state index in [0.717, 1.165) is 29.7 Å². The molecule has 1 atom stereocenters. The molecule has 36 heavy (non-hydrogen) atoms. The van der Waals surface area contributed by atoms with Crippen molar-refractivity contribution in [2.45, 2.75) is 18.9 Å². The van der Waals surface area contributed by atoms with Gasteiger partial charge in [0, 0.05) is 34.3 Å². The maximum Gasteiger partial charge on any atom is 0.258 e. The van der Waals surface area contributed by atoms with Crippen LogP contribution in [0.1, 0.15) is 44.5 Å². The lowest BCUT2D eigenvalue weighted by Gasteiger charge is -2.24. The number of hydrogen-bond donors (Lipinski definition) is 1. The lowest BCUT2D eigenvalue weighted by Crippen LogP contribution is -2.31. The average Bonchev–Trinajstić information content (AvgIpc) is 3.30. The maximum absolute atomic E-state index is 13.5. The second-order valence-corrected chi connectivity index (χ2v) is 10.1. The Balaban J connectivity index is 1.33. The van der Waals surface area contributed by atoms with Gasteiger partial charge in [-0.1, -0.05) is 48.5 Å². The first-order valence-electron chi connectivity index (χ1n) is 12.1. The third-order valence-corrected chi connectivity index (χ3v) is 7.65. The molecular formula is C30H29N3O2S. The number of nitrogens with one attached hydrogen (secondary N) is 1. The quantitative estimate of drug-likeness (QED) is 0.335. The first kappa shape index (κ1) is 24.0. The van der Waals surface area contributed by atoms with Gasteiger partial charge in [-0.3, -0.25) is 9.59 Å². The van der Waals surface area contributed by atoms with Gasteiger partial charge in [0.1, 0.15) is 0 Å². The van der Waals surface area contributed by atoms with E-state index in [9.17, 15) is 9.59 Å². The Kier molecular flexibility index (Phi) is 6.98. The summed E-state index contributed by atoms with van der Waals surface area (Å²) in [7, 11) is 4.19. The molecule has 2 amide bonds. The van der Waals surface area contributed by atoms with Crippen LogP contribution < -0.4 is 10.2 Å². The highest BCUT2D eigenvalue weighted by molar-refractivity contribution is 7.10. The van der Waals surface area contributed by atoms with Gasteiger partial charge in [-0.25, -0.2) is 0 Å². The topological polar surface area (TPSA) is 52.6 Å². The van der Waals surface area contributed by atoms with Gasteiger partial charge in [-0.2, -0.15) is 0 Å². The molecule has 4 aromatic rings. The molecular weight excluding hydrogens is 466 g/mol. The maximum atomic E-state index is 13.5. The number of thiophene rings is 1. The molecule has 0 spiro atoms. The number of amides is 2. The fourth-order valence-electron chi connectivity index (χ4n) is 4.79. The number of hydrogen-bond acceptors (Lipinski definition) is 4. The highest BCUT2D eigenvalue weighted by Gasteiger charge is 2.29. The zero-order valence-electron chi connectivity index (χ0n) is 20.5. The summed E-state index contributed by atoms with van der Waals surface area (Å²) in [6.45, 7) is 0.696. The summed E-state index contributed by atoms with van der Waals surface area (Å²) < 4.78 is 0. The van der Waals surface area contributed by atoms with Gasteiger partial charge < -0.3 is 15.1 Å². The number of fused-ring (bicyclic) bond motifs is 1. The summed E-state index contributed by atoms with van der Waals surface area (Å²) in [6.07, 6.45) is 1.98. The number of nitrogens with zero attached hydrogens (tertiary/aromatic N) is 2. The highest BCUT2D eigenvalue weighted by Crippen LogP contribution is 2.40. The van der Waals surface area contributed by atoms with Gasteiger partial charge in [0.25, 0.3) is 11.8 Å². The molecule has 1 aromatic heterocycles. The number of carbonyl (C=O) groups excluding carboxylic acids is 2. The molecule has 5 nitrogen and oxygen atoms in total. The van der Waals surface area contributed by atoms with Gasteiger partial charge in [0.15, 0.2) is 0 Å². The van der Waals surface area contributed by atoms with E-state index in [-0.39, 0.29) is 11.8 Å². The van der Waals surface area contributed by atoms with Crippen LogP contribution in [0.2, 0.25) is 0 Å². The zero-order valence-corrected chi connectivity index (χ0v) is 21.3. The minimum absolute atomic E-state index is 0.0126. The monoisotopic (exact) mass is 495 g/mol. The molecule has 6 heteroatoms. The third-order valence-electron chi connectivity index (χ3n) is 6.64. The van der Waals surface area contributed by atoms with Crippen molar-refractivity contribution in [3.63, 3.8) is 0 Å². The van der Waals surface area contributed by atoms with E-state index >= 15 is 0 Å². The predicted octanol–water partition coefficient (Wildman–Crippen LogP) is 6.71. The van der Waals surface area contributed by atoms with Gasteiger partial charge in [0.05, 0.1) is 5.69 Å². The van der Waals surface area contributed by atoms with Crippen molar-refractivity contribution in [3.8, 4) is 11.1 Å². The molecule has 1 N–H and O–H groups in total. The van der Waals surface area contributed by atoms with Gasteiger partial charge >= 0.3 is 0 Å². The van der Waals surface area contributed by atoms with Crippen LogP contribution in [0.4, 0.5) is 11.4 Å². The fourth-order valence-corrected chi connectivity index (χ4v) is 5.91. The summed E-state index contributed by atoms with van der Waals surface area (Å²) >= 11 is 1.72. The van der Waals surface area contributed by atoms with E-state index in [2.05, 4.69) is 35.8 Å². The molecule has 1 aliphatic rings. The number of rotatable bonds is 5. The molecule has 1 unspecified atom stereocenters. The Labute approximate surface area is 216 Å². The van der Waals surface area contributed by atoms with Crippen LogP contribution in [0.15, 0.2) is 90.3 Å². The molecule has 182 valence electrons. The first-order chi connectivity index (χ1) is 17.5. The Bertz CT molecular complexity index is 1360. The molecule has 0 fully saturated rings. The molecule has 0 saturated heterocycles. The second-order valence-electron chi connectivity index (χ2n) is 9.19. The molecule has 0 saturated carbocycles. The molecule has 5 rings (SSSR count). The Morgan fingerprint density at radius 2 is 1.64 bits per heavy atom. The van der Waals surface area contributed by atoms with Crippen molar-refractivity contribution in [2.75, 3.05) is 30.9 Å². The zero-order chi connectivity index (χ0) is 25.1. The van der Waals surface area contributed by atoms with Crippen LogP contribution in [0.5, 0.6) is 0 Å². The lowest BCUT2D eigenvalue weighted by molar-refractivity contribution is 0.0985. The van der Waals surface area contributed by atoms with Crippen LogP contribution in [-0.2, 0) is 0 Å². The molecule has 3 aromatic carbocycles. The summed E-state index contributed by atoms with van der Waals surface area (Å²) in [5.41, 5.74) is 4.75. The summed E-state index contributed by atoms with van der Waals surface area (Å²) in [5.74, 6) is -0.194. The summed E-state index contributed by atoms with van der Waals surface area (Å²) in [4.78, 5) is 32.0. The summed E-state index contributed by atoms with van der Waals surface area (Å²) in [6, 6.07) is 27.0. The van der Waals surface area contributed by atoms with Crippen molar-refractivity contribution in [1.29, 1.82) is 0 Å². The largest absolute Gasteiger partial charge is 0.322 e. The van der Waals surface area contributed by atoms with E-state index in [1.165, 1.54) is 4.88 Å². The molecule has 1 aliphatic heterocycles. The minimum atomic E-state index is -0.182. The van der Waals surface area contributed by atoms with Gasteiger partial charge in [-0.05, 0) is 79.8 Å². The van der Waals surface area contributed by atoms with Gasteiger partial charge in [0.2, 0.25) is 0 Å². The Morgan fingerprint density at radius 1 is 0.917 bits per heavy atom. The molecule has 0 radical (unpaired) electrons. The van der Waals surface area contributed by atoms with Crippen molar-refractivity contribution in [2.24, 2.45) is 0 Å². The molecule has 0 bridgehead atoms. The number of carbonyl (C=O) groups is 2. The van der Waals surface area contributed by atoms with E-state index < -0.39 is 0 Å². The normalized spacial score (nSPS) is 15.3. The first-order valence-corrected chi connectivity index (χ1v) is 13.0. The summed E-state index contributed by atoms with van der Waals surface area (Å²) in [5, 5.41) is 5.05. The standard InChI is InChI=1S/C30H29N3O2S/c1-32(2)26-13-8-19-33(27-18-20-36-28(26)27)30(35)22-14-16-23(17-15-22)31-29(34)25-12-7-6-11-24(25)21-9-4-3-5-10-21/h3-7,9-12,14-18,20,26H,8,13,19H2,1-2H3,(H,31,34). The van der Waals surface area contributed by atoms with E-state index in [0.29, 0.717) is 29.4 Å². The predicted molar refractivity (Wildman–Crippen MR) is 148 cm³/mol. The van der Waals surface area contributed by atoms with Crippen molar-refractivity contribution >= 4 is 34.5 Å². The van der Waals surface area contributed by atoms with Crippen molar-refractivity contribution in [3.05, 3.63) is 106 Å². The average molecular weight is 496 g/mol. The van der Waals surface area contributed by atoms with Crippen LogP contribution >= 0.6 is 11.3 Å². The van der Waals surface area contributed by atoms with Crippen LogP contribution in [0.3, 0.4) is 0 Å². The lowest BCUT2D eigenvalue weighted by atomic mass is 9.99. The van der Waals surface area contributed by atoms with Crippen molar-refractivity contribution < 1.29 is 9.59 Å². The number of benzene rings is 3. The SMILES string of the molecule is CN(C)C1CCCN(C(=O)c2ccc(NC(=O)c3ccccc3-c3ccccc3)cc2)c2ccsc21. The smallest absolute Gasteiger partial charge is 0.258 e. The van der Waals surface area contributed by atoms with Crippen LogP contribution in [0.25, 0.3) is 11.1 Å². The second kappa shape index (κ2) is 10.5. The highest BCUT2D eigenvalue weighted by atomic mass is 32.1. The van der Waals surface area contributed by atoms with Crippen molar-refractivity contribution in [1.82, 2.24) is 4.90 Å². The van der Waals surface area contributed by atoms with E-state index in [1.54, 1.807) is 35.6 Å². The van der Waals surface area contributed by atoms with E-state index in [4.69, 9.17) is 0 Å².